The molecule has 1 aromatic heterocycles. The molecule has 0 unspecified atom stereocenters. The highest BCUT2D eigenvalue weighted by molar-refractivity contribution is 9.10. The molecule has 0 radical (unpaired) electrons. The summed E-state index contributed by atoms with van der Waals surface area (Å²) >= 11 is 5.18. The standard InChI is InChI=1S/C14H19BrN2OS/c1-19-14(6-3-2-4-7-14)10-17-13(18)11-5-8-16-12(15)9-11/h5,8-9H,2-4,6-7,10H2,1H3,(H,17,18). The molecule has 0 aromatic carbocycles. The minimum atomic E-state index is -0.0119. The summed E-state index contributed by atoms with van der Waals surface area (Å²) in [5, 5.41) is 3.08. The molecule has 0 aliphatic heterocycles. The predicted molar refractivity (Wildman–Crippen MR) is 83.6 cm³/mol. The van der Waals surface area contributed by atoms with Crippen LogP contribution in [-0.4, -0.2) is 28.4 Å². The van der Waals surface area contributed by atoms with E-state index >= 15 is 0 Å². The van der Waals surface area contributed by atoms with Gasteiger partial charge >= 0.3 is 0 Å². The molecule has 1 fully saturated rings. The van der Waals surface area contributed by atoms with Crippen LogP contribution in [0.5, 0.6) is 0 Å². The summed E-state index contributed by atoms with van der Waals surface area (Å²) < 4.78 is 0.926. The van der Waals surface area contributed by atoms with Gasteiger partial charge in [-0.05, 0) is 47.2 Å². The van der Waals surface area contributed by atoms with Gasteiger partial charge < -0.3 is 5.32 Å². The zero-order valence-corrected chi connectivity index (χ0v) is 13.5. The van der Waals surface area contributed by atoms with Crippen LogP contribution in [0.2, 0.25) is 0 Å². The smallest absolute Gasteiger partial charge is 0.251 e. The SMILES string of the molecule is CSC1(CNC(=O)c2ccnc(Br)c2)CCCCC1. The second kappa shape index (κ2) is 6.75. The number of nitrogens with one attached hydrogen (secondary N) is 1. The van der Waals surface area contributed by atoms with Gasteiger partial charge in [-0.1, -0.05) is 19.3 Å². The van der Waals surface area contributed by atoms with E-state index in [2.05, 4.69) is 32.5 Å². The second-order valence-electron chi connectivity index (χ2n) is 5.00. The van der Waals surface area contributed by atoms with Crippen molar-refractivity contribution in [1.82, 2.24) is 10.3 Å². The number of hydrogen-bond acceptors (Lipinski definition) is 3. The van der Waals surface area contributed by atoms with Crippen LogP contribution in [0.15, 0.2) is 22.9 Å². The summed E-state index contributed by atoms with van der Waals surface area (Å²) in [6, 6.07) is 3.49. The van der Waals surface area contributed by atoms with Gasteiger partial charge in [0.25, 0.3) is 5.91 Å². The average molecular weight is 343 g/mol. The van der Waals surface area contributed by atoms with Gasteiger partial charge in [0.05, 0.1) is 0 Å². The Morgan fingerprint density at radius 3 is 2.84 bits per heavy atom. The monoisotopic (exact) mass is 342 g/mol. The number of amides is 1. The largest absolute Gasteiger partial charge is 0.351 e. The van der Waals surface area contributed by atoms with Gasteiger partial charge in [-0.25, -0.2) is 4.98 Å². The number of aromatic nitrogens is 1. The van der Waals surface area contributed by atoms with E-state index in [-0.39, 0.29) is 10.7 Å². The molecule has 1 saturated carbocycles. The Labute approximate surface area is 127 Å². The lowest BCUT2D eigenvalue weighted by Crippen LogP contribution is -2.41. The van der Waals surface area contributed by atoms with Gasteiger partial charge in [0.15, 0.2) is 0 Å². The Morgan fingerprint density at radius 2 is 2.21 bits per heavy atom. The van der Waals surface area contributed by atoms with Crippen LogP contribution < -0.4 is 5.32 Å². The van der Waals surface area contributed by atoms with Gasteiger partial charge in [0, 0.05) is 23.1 Å². The van der Waals surface area contributed by atoms with Crippen LogP contribution in [0.25, 0.3) is 0 Å². The van der Waals surface area contributed by atoms with Crippen LogP contribution in [-0.2, 0) is 0 Å². The highest BCUT2D eigenvalue weighted by Gasteiger charge is 2.31. The maximum absolute atomic E-state index is 12.1. The van der Waals surface area contributed by atoms with Crippen LogP contribution in [0, 0.1) is 0 Å². The first-order valence-electron chi connectivity index (χ1n) is 6.60. The Balaban J connectivity index is 1.95. The zero-order chi connectivity index (χ0) is 13.7. The zero-order valence-electron chi connectivity index (χ0n) is 11.1. The third-order valence-corrected chi connectivity index (χ3v) is 5.61. The first-order chi connectivity index (χ1) is 9.15. The van der Waals surface area contributed by atoms with Crippen molar-refractivity contribution in [1.29, 1.82) is 0 Å². The Morgan fingerprint density at radius 1 is 1.47 bits per heavy atom. The lowest BCUT2D eigenvalue weighted by atomic mass is 9.88. The predicted octanol–water partition coefficient (Wildman–Crippen LogP) is 3.64. The molecule has 5 heteroatoms. The molecule has 3 nitrogen and oxygen atoms in total. The van der Waals surface area contributed by atoms with Gasteiger partial charge in [0.1, 0.15) is 4.60 Å². The number of halogens is 1. The Hall–Kier alpha value is -0.550. The number of rotatable bonds is 4. The minimum Gasteiger partial charge on any atom is -0.351 e. The summed E-state index contributed by atoms with van der Waals surface area (Å²) in [6.45, 7) is 0.757. The fourth-order valence-corrected chi connectivity index (χ4v) is 3.81. The summed E-state index contributed by atoms with van der Waals surface area (Å²) in [5.74, 6) is -0.0119. The number of carbonyl (C=O) groups excluding carboxylic acids is 1. The number of thioether (sulfide) groups is 1. The van der Waals surface area contributed by atoms with Crippen molar-refractivity contribution in [3.8, 4) is 0 Å². The average Bonchev–Trinajstić information content (AvgIpc) is 2.46. The molecule has 19 heavy (non-hydrogen) atoms. The Bertz CT molecular complexity index is 447. The van der Waals surface area contributed by atoms with Crippen LogP contribution in [0.3, 0.4) is 0 Å². The molecule has 104 valence electrons. The van der Waals surface area contributed by atoms with E-state index < -0.39 is 0 Å². The first-order valence-corrected chi connectivity index (χ1v) is 8.62. The molecule has 1 aliphatic carbocycles. The van der Waals surface area contributed by atoms with Crippen LogP contribution in [0.1, 0.15) is 42.5 Å². The molecule has 0 saturated heterocycles. The summed E-state index contributed by atoms with van der Waals surface area (Å²) in [6.07, 6.45) is 10.1. The molecule has 0 spiro atoms. The van der Waals surface area contributed by atoms with E-state index in [1.165, 1.54) is 32.1 Å². The van der Waals surface area contributed by atoms with E-state index in [0.29, 0.717) is 10.2 Å². The lowest BCUT2D eigenvalue weighted by Gasteiger charge is -2.35. The number of pyridine rings is 1. The summed E-state index contributed by atoms with van der Waals surface area (Å²) in [5.41, 5.74) is 0.661. The molecular weight excluding hydrogens is 324 g/mol. The van der Waals surface area contributed by atoms with Crippen LogP contribution in [0.4, 0.5) is 0 Å². The molecule has 0 bridgehead atoms. The maximum atomic E-state index is 12.1. The minimum absolute atomic E-state index is 0.0119. The van der Waals surface area contributed by atoms with E-state index in [1.807, 2.05) is 11.8 Å². The van der Waals surface area contributed by atoms with E-state index in [1.54, 1.807) is 18.3 Å². The van der Waals surface area contributed by atoms with Crippen molar-refractivity contribution in [2.24, 2.45) is 0 Å². The molecule has 2 rings (SSSR count). The van der Waals surface area contributed by atoms with Crippen molar-refractivity contribution in [3.63, 3.8) is 0 Å². The maximum Gasteiger partial charge on any atom is 0.251 e. The number of carbonyl (C=O) groups is 1. The van der Waals surface area contributed by atoms with Crippen LogP contribution >= 0.6 is 27.7 Å². The van der Waals surface area contributed by atoms with E-state index in [9.17, 15) is 4.79 Å². The molecule has 1 amide bonds. The fraction of sp³-hybridized carbons (Fsp3) is 0.571. The Kier molecular flexibility index (Phi) is 5.28. The van der Waals surface area contributed by atoms with Crippen molar-refractivity contribution in [2.75, 3.05) is 12.8 Å². The molecule has 1 N–H and O–H groups in total. The number of hydrogen-bond donors (Lipinski definition) is 1. The third-order valence-electron chi connectivity index (χ3n) is 3.76. The fourth-order valence-electron chi connectivity index (χ4n) is 2.54. The highest BCUT2D eigenvalue weighted by Crippen LogP contribution is 2.37. The van der Waals surface area contributed by atoms with E-state index in [0.717, 1.165) is 6.54 Å². The summed E-state index contributed by atoms with van der Waals surface area (Å²) in [7, 11) is 0. The lowest BCUT2D eigenvalue weighted by molar-refractivity contribution is 0.0946. The number of nitrogens with zero attached hydrogens (tertiary/aromatic N) is 1. The molecular formula is C14H19BrN2OS. The normalized spacial score (nSPS) is 18.0. The molecule has 1 aliphatic rings. The van der Waals surface area contributed by atoms with Crippen molar-refractivity contribution >= 4 is 33.6 Å². The quantitative estimate of drug-likeness (QED) is 0.849. The van der Waals surface area contributed by atoms with Crippen molar-refractivity contribution in [3.05, 3.63) is 28.5 Å². The first kappa shape index (κ1) is 14.9. The van der Waals surface area contributed by atoms with Gasteiger partial charge in [-0.2, -0.15) is 11.8 Å². The van der Waals surface area contributed by atoms with Gasteiger partial charge in [-0.15, -0.1) is 0 Å². The summed E-state index contributed by atoms with van der Waals surface area (Å²) in [4.78, 5) is 16.2. The van der Waals surface area contributed by atoms with Gasteiger partial charge in [-0.3, -0.25) is 4.79 Å². The second-order valence-corrected chi connectivity index (χ2v) is 7.08. The molecule has 1 aromatic rings. The molecule has 0 atom stereocenters. The molecule has 1 heterocycles. The van der Waals surface area contributed by atoms with Crippen molar-refractivity contribution < 1.29 is 4.79 Å². The van der Waals surface area contributed by atoms with E-state index in [4.69, 9.17) is 0 Å². The third kappa shape index (κ3) is 3.96. The topological polar surface area (TPSA) is 42.0 Å². The van der Waals surface area contributed by atoms with Gasteiger partial charge in [0.2, 0.25) is 0 Å². The highest BCUT2D eigenvalue weighted by atomic mass is 79.9. The van der Waals surface area contributed by atoms with Crippen molar-refractivity contribution in [2.45, 2.75) is 36.9 Å².